The summed E-state index contributed by atoms with van der Waals surface area (Å²) in [6.07, 6.45) is 56.4. The Morgan fingerprint density at radius 2 is 0.744 bits per heavy atom. The van der Waals surface area contributed by atoms with Crippen molar-refractivity contribution in [1.82, 2.24) is 5.32 Å². The highest BCUT2D eigenvalue weighted by Crippen LogP contribution is 2.30. The molecule has 2 fully saturated rings. The van der Waals surface area contributed by atoms with Crippen molar-refractivity contribution in [1.29, 1.82) is 0 Å². The molecule has 0 spiro atoms. The number of hydrogen-bond acceptors (Lipinski definition) is 13. The summed E-state index contributed by atoms with van der Waals surface area (Å²) in [6, 6.07) is -0.937. The van der Waals surface area contributed by atoms with Crippen LogP contribution in [0, 0.1) is 0 Å². The van der Waals surface area contributed by atoms with E-state index in [1.165, 1.54) is 244 Å². The molecule has 506 valence electrons. The van der Waals surface area contributed by atoms with Gasteiger partial charge in [-0.3, -0.25) is 4.79 Å². The Bertz CT molecular complexity index is 1580. The zero-order valence-electron chi connectivity index (χ0n) is 55.1. The second kappa shape index (κ2) is 57.1. The number of unbranched alkanes of at least 4 members (excludes halogenated alkanes) is 43. The van der Waals surface area contributed by atoms with Crippen LogP contribution in [-0.2, 0) is 23.7 Å². The summed E-state index contributed by atoms with van der Waals surface area (Å²) in [5, 5.41) is 87.4. The van der Waals surface area contributed by atoms with Crippen LogP contribution in [0.15, 0.2) is 36.5 Å². The molecule has 0 aromatic rings. The number of amides is 1. The number of ether oxygens (including phenoxy) is 4. The molecule has 0 aliphatic carbocycles. The van der Waals surface area contributed by atoms with Crippen molar-refractivity contribution in [2.45, 2.75) is 396 Å². The van der Waals surface area contributed by atoms with Gasteiger partial charge in [-0.1, -0.05) is 307 Å². The van der Waals surface area contributed by atoms with Crippen LogP contribution in [0.2, 0.25) is 0 Å². The number of hydrogen-bond donors (Lipinski definition) is 9. The van der Waals surface area contributed by atoms with Gasteiger partial charge >= 0.3 is 0 Å². The number of carbonyl (C=O) groups is 1. The van der Waals surface area contributed by atoms with Gasteiger partial charge in [-0.15, -0.1) is 0 Å². The molecule has 0 aromatic carbocycles. The minimum absolute atomic E-state index is 0.247. The number of aliphatic hydroxyl groups excluding tert-OH is 8. The Kier molecular flexibility index (Phi) is 53.4. The second-order valence-electron chi connectivity index (χ2n) is 25.7. The van der Waals surface area contributed by atoms with Crippen LogP contribution in [0.1, 0.15) is 322 Å². The fraction of sp³-hybridized carbons (Fsp3) is 0.903. The first-order valence-electron chi connectivity index (χ1n) is 36.2. The monoisotopic (exact) mass is 1220 g/mol. The second-order valence-corrected chi connectivity index (χ2v) is 25.7. The van der Waals surface area contributed by atoms with Crippen LogP contribution in [0.25, 0.3) is 0 Å². The molecule has 12 unspecified atom stereocenters. The third-order valence-corrected chi connectivity index (χ3v) is 17.8. The van der Waals surface area contributed by atoms with Gasteiger partial charge in [0, 0.05) is 6.42 Å². The van der Waals surface area contributed by atoms with Gasteiger partial charge in [-0.25, -0.2) is 0 Å². The molecule has 0 radical (unpaired) electrons. The van der Waals surface area contributed by atoms with E-state index < -0.39 is 86.8 Å². The van der Waals surface area contributed by atoms with Crippen molar-refractivity contribution in [2.75, 3.05) is 19.8 Å². The van der Waals surface area contributed by atoms with Gasteiger partial charge in [-0.05, 0) is 44.9 Å². The van der Waals surface area contributed by atoms with E-state index in [9.17, 15) is 45.6 Å². The van der Waals surface area contributed by atoms with Crippen molar-refractivity contribution in [3.63, 3.8) is 0 Å². The van der Waals surface area contributed by atoms with E-state index in [4.69, 9.17) is 18.9 Å². The lowest BCUT2D eigenvalue weighted by Gasteiger charge is -2.46. The normalized spacial score (nSPS) is 23.6. The van der Waals surface area contributed by atoms with Crippen LogP contribution in [0.3, 0.4) is 0 Å². The summed E-state index contributed by atoms with van der Waals surface area (Å²) in [5.74, 6) is -0.247. The maximum atomic E-state index is 13.3. The first-order chi connectivity index (χ1) is 42.1. The van der Waals surface area contributed by atoms with E-state index in [0.29, 0.717) is 12.8 Å². The Hall–Kier alpha value is -1.79. The molecule has 1 amide bonds. The number of aliphatic hydroxyl groups is 8. The lowest BCUT2D eigenvalue weighted by molar-refractivity contribution is -0.359. The van der Waals surface area contributed by atoms with Crippen molar-refractivity contribution in [3.05, 3.63) is 36.5 Å². The molecule has 2 aliphatic rings. The highest BCUT2D eigenvalue weighted by atomic mass is 16.7. The molecular weight excluding hydrogens is 1090 g/mol. The van der Waals surface area contributed by atoms with Gasteiger partial charge in [0.1, 0.15) is 48.8 Å². The van der Waals surface area contributed by atoms with Gasteiger partial charge in [0.2, 0.25) is 5.91 Å². The maximum absolute atomic E-state index is 13.3. The number of allylic oxidation sites excluding steroid dienone is 5. The third-order valence-electron chi connectivity index (χ3n) is 17.8. The molecule has 12 atom stereocenters. The molecule has 14 heteroatoms. The van der Waals surface area contributed by atoms with Crippen molar-refractivity contribution >= 4 is 5.91 Å². The molecule has 14 nitrogen and oxygen atoms in total. The first-order valence-corrected chi connectivity index (χ1v) is 36.2. The van der Waals surface area contributed by atoms with Gasteiger partial charge in [0.05, 0.1) is 32.0 Å². The standard InChI is InChI=1S/C72H135NO13/c1-3-5-7-9-11-13-15-17-19-21-23-25-26-27-28-29-30-31-32-33-34-36-37-39-41-43-45-47-49-51-53-55-61(76)60(59-83-71-69(82)67(80)70(63(58-75)85-71)86-72-68(81)66(79)65(78)62(57-74)84-72)73-64(77)56-54-52-50-48-46-44-42-40-38-35-24-22-20-18-16-14-12-10-8-6-4-2/h37,39,45,47,53,55,60-63,65-72,74-76,78-82H,3-36,38,40-44,46,48-52,54,56-59H2,1-2H3,(H,73,77)/b39-37+,47-45+,55-53+. The molecular formula is C72H135NO13. The minimum atomic E-state index is -1.79. The topological polar surface area (TPSA) is 228 Å². The summed E-state index contributed by atoms with van der Waals surface area (Å²) in [5.41, 5.74) is 0. The third kappa shape index (κ3) is 40.8. The Morgan fingerprint density at radius 3 is 1.14 bits per heavy atom. The van der Waals surface area contributed by atoms with E-state index in [2.05, 4.69) is 43.5 Å². The number of carbonyl (C=O) groups excluding carboxylic acids is 1. The number of rotatable bonds is 60. The van der Waals surface area contributed by atoms with Crippen LogP contribution in [0.5, 0.6) is 0 Å². The van der Waals surface area contributed by atoms with E-state index in [0.717, 1.165) is 44.9 Å². The van der Waals surface area contributed by atoms with Gasteiger partial charge in [-0.2, -0.15) is 0 Å². The van der Waals surface area contributed by atoms with Crippen molar-refractivity contribution in [3.8, 4) is 0 Å². The summed E-state index contributed by atoms with van der Waals surface area (Å²) in [6.45, 7) is 2.83. The van der Waals surface area contributed by atoms with Crippen LogP contribution >= 0.6 is 0 Å². The zero-order chi connectivity index (χ0) is 62.3. The summed E-state index contributed by atoms with van der Waals surface area (Å²) in [7, 11) is 0. The maximum Gasteiger partial charge on any atom is 0.220 e. The van der Waals surface area contributed by atoms with E-state index >= 15 is 0 Å². The summed E-state index contributed by atoms with van der Waals surface area (Å²) in [4.78, 5) is 13.3. The first kappa shape index (κ1) is 80.3. The Balaban J connectivity index is 1.68. The lowest BCUT2D eigenvalue weighted by Crippen LogP contribution is -2.65. The molecule has 9 N–H and O–H groups in total. The fourth-order valence-corrected chi connectivity index (χ4v) is 12.0. The fourth-order valence-electron chi connectivity index (χ4n) is 12.0. The average molecular weight is 1220 g/mol. The summed E-state index contributed by atoms with van der Waals surface area (Å²) >= 11 is 0. The smallest absolute Gasteiger partial charge is 0.220 e. The van der Waals surface area contributed by atoms with Crippen molar-refractivity contribution in [2.24, 2.45) is 0 Å². The van der Waals surface area contributed by atoms with E-state index in [-0.39, 0.29) is 18.9 Å². The molecule has 0 aromatic heterocycles. The van der Waals surface area contributed by atoms with Crippen LogP contribution in [0.4, 0.5) is 0 Å². The Morgan fingerprint density at radius 1 is 0.407 bits per heavy atom. The molecule has 2 aliphatic heterocycles. The zero-order valence-corrected chi connectivity index (χ0v) is 55.1. The quantitative estimate of drug-likeness (QED) is 0.0204. The largest absolute Gasteiger partial charge is 0.394 e. The lowest BCUT2D eigenvalue weighted by atomic mass is 9.97. The predicted molar refractivity (Wildman–Crippen MR) is 351 cm³/mol. The number of nitrogens with one attached hydrogen (secondary N) is 1. The Labute approximate surface area is 525 Å². The van der Waals surface area contributed by atoms with E-state index in [1.807, 2.05) is 6.08 Å². The molecule has 2 rings (SSSR count). The van der Waals surface area contributed by atoms with Crippen LogP contribution < -0.4 is 5.32 Å². The van der Waals surface area contributed by atoms with Crippen molar-refractivity contribution < 1.29 is 64.6 Å². The molecule has 0 saturated carbocycles. The molecule has 0 bridgehead atoms. The van der Waals surface area contributed by atoms with Gasteiger partial charge in [0.15, 0.2) is 12.6 Å². The average Bonchev–Trinajstić information content (AvgIpc) is 2.54. The SMILES string of the molecule is CCCCCCCCCCCCCCCCCCCCCCC/C=C/CC/C=C/CC/C=C/C(O)C(COC1OC(CO)C(OC2OC(CO)C(O)C(O)C2O)C(O)C1O)NC(=O)CCCCCCCCCCCCCCCCCCCCCCC. The summed E-state index contributed by atoms with van der Waals surface area (Å²) < 4.78 is 22.8. The predicted octanol–water partition coefficient (Wildman–Crippen LogP) is 14.9. The minimum Gasteiger partial charge on any atom is -0.394 e. The van der Waals surface area contributed by atoms with E-state index in [1.54, 1.807) is 6.08 Å². The molecule has 2 heterocycles. The molecule has 2 saturated heterocycles. The molecule has 86 heavy (non-hydrogen) atoms. The van der Waals surface area contributed by atoms with Gasteiger partial charge in [0.25, 0.3) is 0 Å². The van der Waals surface area contributed by atoms with Crippen LogP contribution in [-0.4, -0.2) is 140 Å². The highest BCUT2D eigenvalue weighted by molar-refractivity contribution is 5.76. The van der Waals surface area contributed by atoms with Gasteiger partial charge < -0.3 is 65.1 Å². The highest BCUT2D eigenvalue weighted by Gasteiger charge is 2.51.